The Morgan fingerprint density at radius 1 is 1.08 bits per heavy atom. The van der Waals surface area contributed by atoms with Crippen LogP contribution in [-0.4, -0.2) is 28.0 Å². The van der Waals surface area contributed by atoms with Gasteiger partial charge in [0.15, 0.2) is 0 Å². The summed E-state index contributed by atoms with van der Waals surface area (Å²) in [7, 11) is 0. The summed E-state index contributed by atoms with van der Waals surface area (Å²) in [6, 6.07) is 0. The second kappa shape index (κ2) is 6.29. The first-order chi connectivity index (χ1) is 11.8. The van der Waals surface area contributed by atoms with E-state index >= 15 is 4.39 Å². The van der Waals surface area contributed by atoms with Crippen molar-refractivity contribution in [2.45, 2.75) is 77.0 Å². The van der Waals surface area contributed by atoms with Crippen LogP contribution in [0.4, 0.5) is 4.39 Å². The molecule has 0 radical (unpaired) electrons. The number of halogens is 2. The van der Waals surface area contributed by atoms with Gasteiger partial charge in [0.25, 0.3) is 0 Å². The van der Waals surface area contributed by atoms with Crippen molar-refractivity contribution in [1.29, 1.82) is 0 Å². The Kier molecular flexibility index (Phi) is 4.63. The molecule has 2 nitrogen and oxygen atoms in total. The van der Waals surface area contributed by atoms with Crippen LogP contribution < -0.4 is 0 Å². The number of Topliss-reactive ketones (excluding diaryl/α,β-unsaturated/α-hetero) is 1. The average molecular weight is 415 g/mol. The molecule has 4 aliphatic carbocycles. The number of hydrogen-bond donors (Lipinski definition) is 1. The van der Waals surface area contributed by atoms with Crippen molar-refractivity contribution in [3.8, 4) is 0 Å². The van der Waals surface area contributed by atoms with E-state index in [1.807, 2.05) is 6.92 Å². The summed E-state index contributed by atoms with van der Waals surface area (Å²) >= 11 is 3.37. The van der Waals surface area contributed by atoms with Crippen LogP contribution >= 0.6 is 15.9 Å². The molecule has 0 unspecified atom stereocenters. The minimum atomic E-state index is -0.772. The minimum absolute atomic E-state index is 0.0516. The topological polar surface area (TPSA) is 37.3 Å². The fourth-order valence-electron chi connectivity index (χ4n) is 7.62. The minimum Gasteiger partial charge on any atom is -0.390 e. The number of hydrogen-bond acceptors (Lipinski definition) is 2. The molecule has 0 aromatic rings. The van der Waals surface area contributed by atoms with Gasteiger partial charge in [0.1, 0.15) is 12.0 Å². The Balaban J connectivity index is 1.58. The highest BCUT2D eigenvalue weighted by molar-refractivity contribution is 9.09. The maximum atomic E-state index is 15.2. The van der Waals surface area contributed by atoms with Gasteiger partial charge in [0.2, 0.25) is 0 Å². The van der Waals surface area contributed by atoms with Gasteiger partial charge in [0, 0.05) is 5.92 Å². The first-order valence-corrected chi connectivity index (χ1v) is 11.3. The van der Waals surface area contributed by atoms with Crippen molar-refractivity contribution < 1.29 is 14.3 Å². The molecule has 4 aliphatic rings. The van der Waals surface area contributed by atoms with Gasteiger partial charge in [-0.1, -0.05) is 22.9 Å². The van der Waals surface area contributed by atoms with Crippen LogP contribution in [0.15, 0.2) is 0 Å². The van der Waals surface area contributed by atoms with Crippen LogP contribution in [0.1, 0.15) is 65.2 Å². The van der Waals surface area contributed by atoms with E-state index < -0.39 is 11.8 Å². The third kappa shape index (κ3) is 2.85. The summed E-state index contributed by atoms with van der Waals surface area (Å²) in [4.78, 5) is 12.4. The summed E-state index contributed by atoms with van der Waals surface area (Å²) in [5.74, 6) is 2.60. The van der Waals surface area contributed by atoms with Gasteiger partial charge in [0.05, 0.1) is 10.9 Å². The van der Waals surface area contributed by atoms with Gasteiger partial charge in [-0.05, 0) is 93.3 Å². The first kappa shape index (κ1) is 18.4. The molecule has 0 aromatic heterocycles. The van der Waals surface area contributed by atoms with Crippen LogP contribution in [0.3, 0.4) is 0 Å². The van der Waals surface area contributed by atoms with Crippen LogP contribution in [0.25, 0.3) is 0 Å². The van der Waals surface area contributed by atoms with Crippen LogP contribution in [0, 0.1) is 40.9 Å². The molecule has 0 heterocycles. The van der Waals surface area contributed by atoms with Crippen LogP contribution in [0.5, 0.6) is 0 Å². The predicted molar refractivity (Wildman–Crippen MR) is 100 cm³/mol. The van der Waals surface area contributed by atoms with E-state index in [0.29, 0.717) is 47.6 Å². The Labute approximate surface area is 159 Å². The summed E-state index contributed by atoms with van der Waals surface area (Å²) in [6.07, 6.45) is 6.69. The summed E-state index contributed by atoms with van der Waals surface area (Å²) in [6.45, 7) is 4.20. The zero-order valence-corrected chi connectivity index (χ0v) is 17.1. The van der Waals surface area contributed by atoms with E-state index in [-0.39, 0.29) is 17.3 Å². The summed E-state index contributed by atoms with van der Waals surface area (Å²) in [5, 5.41) is 10.9. The highest BCUT2D eigenvalue weighted by atomic mass is 79.9. The van der Waals surface area contributed by atoms with Gasteiger partial charge in [-0.3, -0.25) is 4.79 Å². The molecule has 0 amide bonds. The van der Waals surface area contributed by atoms with E-state index in [1.165, 1.54) is 0 Å². The highest BCUT2D eigenvalue weighted by Crippen LogP contribution is 2.65. The summed E-state index contributed by atoms with van der Waals surface area (Å²) in [5.41, 5.74) is -0.596. The van der Waals surface area contributed by atoms with E-state index in [4.69, 9.17) is 0 Å². The molecular weight excluding hydrogens is 383 g/mol. The molecule has 4 rings (SSSR count). The van der Waals surface area contributed by atoms with Gasteiger partial charge < -0.3 is 5.11 Å². The maximum absolute atomic E-state index is 15.2. The Morgan fingerprint density at radius 3 is 2.48 bits per heavy atom. The second-order valence-corrected chi connectivity index (χ2v) is 10.6. The van der Waals surface area contributed by atoms with Crippen molar-refractivity contribution in [1.82, 2.24) is 0 Å². The number of carbonyl (C=O) groups is 1. The third-order valence-corrected chi connectivity index (χ3v) is 9.32. The molecule has 9 atom stereocenters. The molecule has 142 valence electrons. The van der Waals surface area contributed by atoms with Gasteiger partial charge in [-0.2, -0.15) is 0 Å². The largest absolute Gasteiger partial charge is 0.390 e. The van der Waals surface area contributed by atoms with Crippen molar-refractivity contribution in [3.05, 3.63) is 0 Å². The molecular formula is C21H32BrFO2. The molecule has 4 saturated carbocycles. The van der Waals surface area contributed by atoms with E-state index in [1.54, 1.807) is 0 Å². The Morgan fingerprint density at radius 2 is 1.76 bits per heavy atom. The molecule has 0 spiro atoms. The lowest BCUT2D eigenvalue weighted by atomic mass is 9.48. The van der Waals surface area contributed by atoms with Gasteiger partial charge >= 0.3 is 0 Å². The number of rotatable bonds is 2. The SMILES string of the molecule is C[C@]1(O)CC[C@@H]2[C@H]3CC[C@]4(C)[C@@H](C(=O)CBr)CC[C@H]4[C@@H]3C[C@@H](F)[C@@H]2C1. The lowest BCUT2D eigenvalue weighted by molar-refractivity contribution is -0.137. The molecule has 0 bridgehead atoms. The Bertz CT molecular complexity index is 550. The fraction of sp³-hybridized carbons (Fsp3) is 0.952. The smallest absolute Gasteiger partial charge is 0.147 e. The summed E-state index contributed by atoms with van der Waals surface area (Å²) < 4.78 is 15.2. The number of alkyl halides is 2. The zero-order valence-electron chi connectivity index (χ0n) is 15.5. The van der Waals surface area contributed by atoms with Crippen molar-refractivity contribution >= 4 is 21.7 Å². The van der Waals surface area contributed by atoms with Crippen LogP contribution in [0.2, 0.25) is 0 Å². The van der Waals surface area contributed by atoms with E-state index in [2.05, 4.69) is 22.9 Å². The molecule has 4 heteroatoms. The van der Waals surface area contributed by atoms with E-state index in [9.17, 15) is 9.90 Å². The second-order valence-electron chi connectivity index (χ2n) is 10.0. The standard InChI is InChI=1S/C21H32BrFO2/c1-20(25)7-5-13-12-6-8-21(2)16(3-4-17(21)19(24)11-22)14(12)9-18(23)15(13)10-20/h12-18,25H,3-11H2,1-2H3/t12-,13-,14-,15-,16+,17-,18-,20+,21+/m1/s1. The van der Waals surface area contributed by atoms with E-state index in [0.717, 1.165) is 38.5 Å². The third-order valence-electron chi connectivity index (χ3n) is 8.77. The molecule has 0 aliphatic heterocycles. The molecule has 0 aromatic carbocycles. The Hall–Kier alpha value is 0.0400. The molecule has 4 fully saturated rings. The van der Waals surface area contributed by atoms with Crippen molar-refractivity contribution in [2.75, 3.05) is 5.33 Å². The van der Waals surface area contributed by atoms with Crippen molar-refractivity contribution in [3.63, 3.8) is 0 Å². The lowest BCUT2D eigenvalue weighted by Crippen LogP contribution is -2.54. The first-order valence-electron chi connectivity index (χ1n) is 10.2. The molecule has 25 heavy (non-hydrogen) atoms. The fourth-order valence-corrected chi connectivity index (χ4v) is 8.02. The number of ketones is 1. The maximum Gasteiger partial charge on any atom is 0.147 e. The normalized spacial score (nSPS) is 55.2. The van der Waals surface area contributed by atoms with Gasteiger partial charge in [-0.15, -0.1) is 0 Å². The van der Waals surface area contributed by atoms with Crippen LogP contribution in [-0.2, 0) is 4.79 Å². The number of aliphatic hydroxyl groups is 1. The monoisotopic (exact) mass is 414 g/mol. The van der Waals surface area contributed by atoms with Gasteiger partial charge in [-0.25, -0.2) is 4.39 Å². The number of fused-ring (bicyclic) bond motifs is 5. The number of carbonyl (C=O) groups excluding carboxylic acids is 1. The predicted octanol–water partition coefficient (Wildman–Crippen LogP) is 4.92. The average Bonchev–Trinajstić information content (AvgIpc) is 2.91. The highest BCUT2D eigenvalue weighted by Gasteiger charge is 2.60. The molecule has 1 N–H and O–H groups in total. The lowest BCUT2D eigenvalue weighted by Gasteiger charge is -2.57. The zero-order chi connectivity index (χ0) is 18.0. The van der Waals surface area contributed by atoms with Crippen molar-refractivity contribution in [2.24, 2.45) is 40.9 Å². The molecule has 0 saturated heterocycles. The quantitative estimate of drug-likeness (QED) is 0.651.